The molecule has 2 fully saturated rings. The van der Waals surface area contributed by atoms with Gasteiger partial charge in [0.1, 0.15) is 5.75 Å². The minimum atomic E-state index is 0.429. The summed E-state index contributed by atoms with van der Waals surface area (Å²) in [5.41, 5.74) is 3.86. The summed E-state index contributed by atoms with van der Waals surface area (Å²) in [6, 6.07) is 12.9. The second-order valence-corrected chi connectivity index (χ2v) is 7.99. The zero-order valence-electron chi connectivity index (χ0n) is 16.4. The summed E-state index contributed by atoms with van der Waals surface area (Å²) >= 11 is 0. The van der Waals surface area contributed by atoms with Crippen LogP contribution in [0.1, 0.15) is 42.5 Å². The summed E-state index contributed by atoms with van der Waals surface area (Å²) < 4.78 is 6.17. The fourth-order valence-corrected chi connectivity index (χ4v) is 4.18. The molecule has 0 N–H and O–H groups in total. The van der Waals surface area contributed by atoms with Crippen LogP contribution in [0.15, 0.2) is 42.6 Å². The fourth-order valence-electron chi connectivity index (χ4n) is 4.18. The lowest BCUT2D eigenvalue weighted by atomic mass is 10.1. The molecule has 2 aromatic rings. The van der Waals surface area contributed by atoms with E-state index in [0.717, 1.165) is 45.0 Å². The third-order valence-electron chi connectivity index (χ3n) is 5.87. The van der Waals surface area contributed by atoms with Gasteiger partial charge in [-0.1, -0.05) is 18.2 Å². The quantitative estimate of drug-likeness (QED) is 0.773. The van der Waals surface area contributed by atoms with E-state index in [1.807, 2.05) is 12.3 Å². The molecule has 1 aliphatic heterocycles. The summed E-state index contributed by atoms with van der Waals surface area (Å²) in [5, 5.41) is 0. The standard InChI is InChI=1S/C23H31N3O/c1-19-6-5-11-24-23(19)18-26-14-12-25(13-15-26)17-20-7-4-10-22(16-20)27-21-8-2-3-9-21/h4-7,10-11,16,21H,2-3,8-9,12-15,17-18H2,1H3. The van der Waals surface area contributed by atoms with Gasteiger partial charge in [-0.25, -0.2) is 0 Å². The molecule has 2 heterocycles. The van der Waals surface area contributed by atoms with Crippen LogP contribution in [-0.4, -0.2) is 47.1 Å². The van der Waals surface area contributed by atoms with Crippen LogP contribution in [0.2, 0.25) is 0 Å². The first-order valence-electron chi connectivity index (χ1n) is 10.4. The largest absolute Gasteiger partial charge is 0.490 e. The van der Waals surface area contributed by atoms with E-state index in [1.165, 1.54) is 42.5 Å². The van der Waals surface area contributed by atoms with Crippen molar-refractivity contribution >= 4 is 0 Å². The van der Waals surface area contributed by atoms with Crippen LogP contribution in [0.4, 0.5) is 0 Å². The van der Waals surface area contributed by atoms with Gasteiger partial charge in [-0.2, -0.15) is 0 Å². The first-order valence-corrected chi connectivity index (χ1v) is 10.4. The van der Waals surface area contributed by atoms with Crippen LogP contribution in [0.3, 0.4) is 0 Å². The Morgan fingerprint density at radius 2 is 1.70 bits per heavy atom. The lowest BCUT2D eigenvalue weighted by Crippen LogP contribution is -2.45. The Morgan fingerprint density at radius 1 is 0.963 bits per heavy atom. The third kappa shape index (κ3) is 5.08. The summed E-state index contributed by atoms with van der Waals surface area (Å²) in [7, 11) is 0. The Kier molecular flexibility index (Phi) is 6.05. The molecule has 0 amide bonds. The van der Waals surface area contributed by atoms with Crippen LogP contribution in [0.25, 0.3) is 0 Å². The van der Waals surface area contributed by atoms with E-state index in [4.69, 9.17) is 4.74 Å². The van der Waals surface area contributed by atoms with Crippen molar-refractivity contribution in [2.75, 3.05) is 26.2 Å². The molecule has 4 nitrogen and oxygen atoms in total. The van der Waals surface area contributed by atoms with E-state index in [1.54, 1.807) is 0 Å². The van der Waals surface area contributed by atoms with Crippen LogP contribution >= 0.6 is 0 Å². The number of benzene rings is 1. The van der Waals surface area contributed by atoms with Crippen molar-refractivity contribution in [3.63, 3.8) is 0 Å². The number of hydrogen-bond acceptors (Lipinski definition) is 4. The number of rotatable bonds is 6. The second-order valence-electron chi connectivity index (χ2n) is 7.99. The topological polar surface area (TPSA) is 28.6 Å². The van der Waals surface area contributed by atoms with E-state index < -0.39 is 0 Å². The highest BCUT2D eigenvalue weighted by atomic mass is 16.5. The van der Waals surface area contributed by atoms with Crippen molar-refractivity contribution in [1.29, 1.82) is 0 Å². The number of pyridine rings is 1. The van der Waals surface area contributed by atoms with E-state index in [-0.39, 0.29) is 0 Å². The van der Waals surface area contributed by atoms with Gasteiger partial charge in [0, 0.05) is 45.5 Å². The van der Waals surface area contributed by atoms with Crippen molar-refractivity contribution in [1.82, 2.24) is 14.8 Å². The SMILES string of the molecule is Cc1cccnc1CN1CCN(Cc2cccc(OC3CCCC3)c2)CC1. The van der Waals surface area contributed by atoms with E-state index in [9.17, 15) is 0 Å². The maximum absolute atomic E-state index is 6.17. The second kappa shape index (κ2) is 8.85. The molecule has 0 atom stereocenters. The predicted octanol–water partition coefficient (Wildman–Crippen LogP) is 4.03. The van der Waals surface area contributed by atoms with Gasteiger partial charge in [-0.15, -0.1) is 0 Å². The van der Waals surface area contributed by atoms with Crippen molar-refractivity contribution in [3.05, 3.63) is 59.4 Å². The van der Waals surface area contributed by atoms with Gasteiger partial charge in [0.25, 0.3) is 0 Å². The maximum Gasteiger partial charge on any atom is 0.120 e. The average molecular weight is 366 g/mol. The molecule has 1 aromatic carbocycles. The Labute approximate surface area is 163 Å². The molecule has 0 unspecified atom stereocenters. The number of nitrogens with zero attached hydrogens (tertiary/aromatic N) is 3. The summed E-state index contributed by atoms with van der Waals surface area (Å²) in [4.78, 5) is 9.61. The molecule has 1 saturated heterocycles. The van der Waals surface area contributed by atoms with Gasteiger partial charge in [0.05, 0.1) is 11.8 Å². The Morgan fingerprint density at radius 3 is 2.44 bits per heavy atom. The molecule has 0 radical (unpaired) electrons. The highest BCUT2D eigenvalue weighted by Crippen LogP contribution is 2.25. The number of piperazine rings is 1. The molecule has 27 heavy (non-hydrogen) atoms. The minimum Gasteiger partial charge on any atom is -0.490 e. The molecule has 4 heteroatoms. The fraction of sp³-hybridized carbons (Fsp3) is 0.522. The Hall–Kier alpha value is -1.91. The van der Waals surface area contributed by atoms with Crippen molar-refractivity contribution in [2.24, 2.45) is 0 Å². The monoisotopic (exact) mass is 365 g/mol. The minimum absolute atomic E-state index is 0.429. The predicted molar refractivity (Wildman–Crippen MR) is 109 cm³/mol. The lowest BCUT2D eigenvalue weighted by molar-refractivity contribution is 0.120. The molecular formula is C23H31N3O. The lowest BCUT2D eigenvalue weighted by Gasteiger charge is -2.34. The van der Waals surface area contributed by atoms with Gasteiger partial charge >= 0.3 is 0 Å². The maximum atomic E-state index is 6.17. The van der Waals surface area contributed by atoms with E-state index in [0.29, 0.717) is 6.10 Å². The number of hydrogen-bond donors (Lipinski definition) is 0. The van der Waals surface area contributed by atoms with Gasteiger partial charge < -0.3 is 4.74 Å². The average Bonchev–Trinajstić information content (AvgIpc) is 3.18. The molecule has 1 saturated carbocycles. The van der Waals surface area contributed by atoms with E-state index >= 15 is 0 Å². The molecule has 0 spiro atoms. The zero-order chi connectivity index (χ0) is 18.5. The summed E-state index contributed by atoms with van der Waals surface area (Å²) in [5.74, 6) is 1.05. The molecule has 1 aromatic heterocycles. The van der Waals surface area contributed by atoms with E-state index in [2.05, 4.69) is 52.0 Å². The smallest absolute Gasteiger partial charge is 0.120 e. The van der Waals surface area contributed by atoms with Crippen LogP contribution in [0.5, 0.6) is 5.75 Å². The van der Waals surface area contributed by atoms with Gasteiger partial charge in [-0.3, -0.25) is 14.8 Å². The Balaban J connectivity index is 1.27. The summed E-state index contributed by atoms with van der Waals surface area (Å²) in [6.07, 6.45) is 7.38. The number of ether oxygens (including phenoxy) is 1. The van der Waals surface area contributed by atoms with Gasteiger partial charge in [0.15, 0.2) is 0 Å². The molecule has 2 aliphatic rings. The third-order valence-corrected chi connectivity index (χ3v) is 5.87. The van der Waals surface area contributed by atoms with Crippen LogP contribution in [0, 0.1) is 6.92 Å². The highest BCUT2D eigenvalue weighted by molar-refractivity contribution is 5.29. The normalized spacial score (nSPS) is 19.4. The summed E-state index contributed by atoms with van der Waals surface area (Å²) in [6.45, 7) is 8.56. The first-order chi connectivity index (χ1) is 13.3. The van der Waals surface area contributed by atoms with Crippen molar-refractivity contribution in [3.8, 4) is 5.75 Å². The van der Waals surface area contributed by atoms with Gasteiger partial charge in [0.2, 0.25) is 0 Å². The molecule has 4 rings (SSSR count). The number of aryl methyl sites for hydroxylation is 1. The molecule has 144 valence electrons. The molecule has 1 aliphatic carbocycles. The molecule has 0 bridgehead atoms. The first kappa shape index (κ1) is 18.5. The van der Waals surface area contributed by atoms with Crippen LogP contribution in [-0.2, 0) is 13.1 Å². The van der Waals surface area contributed by atoms with Gasteiger partial charge in [-0.05, 0) is 61.9 Å². The Bertz CT molecular complexity index is 734. The van der Waals surface area contributed by atoms with Crippen LogP contribution < -0.4 is 4.74 Å². The highest BCUT2D eigenvalue weighted by Gasteiger charge is 2.19. The number of aromatic nitrogens is 1. The van der Waals surface area contributed by atoms with Crippen molar-refractivity contribution < 1.29 is 4.74 Å². The zero-order valence-corrected chi connectivity index (χ0v) is 16.4. The van der Waals surface area contributed by atoms with Crippen molar-refractivity contribution in [2.45, 2.75) is 51.8 Å². The molecular weight excluding hydrogens is 334 g/mol.